The summed E-state index contributed by atoms with van der Waals surface area (Å²) in [4.78, 5) is 13.9. The average Bonchev–Trinajstić information content (AvgIpc) is 2.45. The van der Waals surface area contributed by atoms with E-state index >= 15 is 0 Å². The number of nitrogens with zero attached hydrogens (tertiary/aromatic N) is 2. The van der Waals surface area contributed by atoms with E-state index in [1.54, 1.807) is 11.0 Å². The number of amides is 1. The molecule has 0 atom stereocenters. The van der Waals surface area contributed by atoms with Crippen molar-refractivity contribution in [3.63, 3.8) is 0 Å². The van der Waals surface area contributed by atoms with Crippen molar-refractivity contribution >= 4 is 5.91 Å². The summed E-state index contributed by atoms with van der Waals surface area (Å²) in [5, 5.41) is 8.89. The molecule has 0 aromatic heterocycles. The smallest absolute Gasteiger partial charge is 0.222 e. The Kier molecular flexibility index (Phi) is 5.35. The molecular weight excluding hydrogens is 264 g/mol. The number of hydrogen-bond donors (Lipinski definition) is 0. The van der Waals surface area contributed by atoms with Crippen LogP contribution in [0, 0.1) is 17.2 Å². The highest BCUT2D eigenvalue weighted by molar-refractivity contribution is 5.76. The third-order valence-electron chi connectivity index (χ3n) is 3.96. The van der Waals surface area contributed by atoms with Crippen molar-refractivity contribution in [1.29, 1.82) is 5.26 Å². The van der Waals surface area contributed by atoms with Gasteiger partial charge in [0, 0.05) is 26.6 Å². The molecule has 2 rings (SSSR count). The number of rotatable bonds is 6. The second kappa shape index (κ2) is 7.24. The van der Waals surface area contributed by atoms with Crippen LogP contribution in [0.15, 0.2) is 24.3 Å². The van der Waals surface area contributed by atoms with Crippen molar-refractivity contribution in [3.05, 3.63) is 35.4 Å². The van der Waals surface area contributed by atoms with E-state index < -0.39 is 0 Å². The third kappa shape index (κ3) is 4.30. The molecule has 0 spiro atoms. The molecule has 1 amide bonds. The Morgan fingerprint density at radius 2 is 2.24 bits per heavy atom. The first-order chi connectivity index (χ1) is 10.1. The fraction of sp³-hybridized carbons (Fsp3) is 0.529. The Hall–Kier alpha value is -1.86. The largest absolute Gasteiger partial charge is 0.378 e. The Morgan fingerprint density at radius 3 is 2.90 bits per heavy atom. The second-order valence-corrected chi connectivity index (χ2v) is 5.68. The van der Waals surface area contributed by atoms with Gasteiger partial charge in [0.05, 0.1) is 17.7 Å². The molecule has 112 valence electrons. The number of hydrogen-bond acceptors (Lipinski definition) is 3. The van der Waals surface area contributed by atoms with Crippen LogP contribution in [0.25, 0.3) is 0 Å². The van der Waals surface area contributed by atoms with Crippen molar-refractivity contribution in [2.24, 2.45) is 5.92 Å². The topological polar surface area (TPSA) is 53.3 Å². The standard InChI is InChI=1S/C17H22N2O2/c1-3-21-16-8-15(9-16)10-17(20)19(2)12-14-6-4-5-13(7-14)11-18/h4-7,15-16H,3,8-10,12H2,1-2H3. The summed E-state index contributed by atoms with van der Waals surface area (Å²) >= 11 is 0. The van der Waals surface area contributed by atoms with Crippen molar-refractivity contribution in [2.75, 3.05) is 13.7 Å². The molecule has 1 aromatic rings. The highest BCUT2D eigenvalue weighted by Crippen LogP contribution is 2.33. The molecule has 0 bridgehead atoms. The van der Waals surface area contributed by atoms with Crippen LogP contribution in [0.2, 0.25) is 0 Å². The van der Waals surface area contributed by atoms with Gasteiger partial charge in [0.25, 0.3) is 0 Å². The molecule has 0 unspecified atom stereocenters. The molecule has 0 radical (unpaired) electrons. The van der Waals surface area contributed by atoms with Crippen LogP contribution in [-0.4, -0.2) is 30.6 Å². The fourth-order valence-electron chi connectivity index (χ4n) is 2.72. The number of carbonyl (C=O) groups is 1. The van der Waals surface area contributed by atoms with E-state index in [0.29, 0.717) is 30.6 Å². The van der Waals surface area contributed by atoms with Crippen molar-refractivity contribution in [1.82, 2.24) is 4.90 Å². The summed E-state index contributed by atoms with van der Waals surface area (Å²) < 4.78 is 5.52. The first-order valence-corrected chi connectivity index (χ1v) is 7.47. The zero-order chi connectivity index (χ0) is 15.2. The second-order valence-electron chi connectivity index (χ2n) is 5.68. The fourth-order valence-corrected chi connectivity index (χ4v) is 2.72. The monoisotopic (exact) mass is 286 g/mol. The van der Waals surface area contributed by atoms with E-state index in [4.69, 9.17) is 10.00 Å². The molecule has 0 aliphatic heterocycles. The number of nitriles is 1. The van der Waals surface area contributed by atoms with Gasteiger partial charge in [0.1, 0.15) is 0 Å². The molecular formula is C17H22N2O2. The molecule has 1 saturated carbocycles. The van der Waals surface area contributed by atoms with Crippen molar-refractivity contribution < 1.29 is 9.53 Å². The first kappa shape index (κ1) is 15.5. The Labute approximate surface area is 126 Å². The zero-order valence-electron chi connectivity index (χ0n) is 12.7. The minimum atomic E-state index is 0.164. The maximum absolute atomic E-state index is 12.2. The summed E-state index contributed by atoms with van der Waals surface area (Å²) in [6, 6.07) is 9.52. The normalized spacial score (nSPS) is 20.4. The Morgan fingerprint density at radius 1 is 1.48 bits per heavy atom. The van der Waals surface area contributed by atoms with Crippen LogP contribution in [0.4, 0.5) is 0 Å². The van der Waals surface area contributed by atoms with Crippen LogP contribution in [0.1, 0.15) is 37.3 Å². The number of benzene rings is 1. The third-order valence-corrected chi connectivity index (χ3v) is 3.96. The van der Waals surface area contributed by atoms with Crippen LogP contribution in [0.5, 0.6) is 0 Å². The minimum absolute atomic E-state index is 0.164. The average molecular weight is 286 g/mol. The maximum Gasteiger partial charge on any atom is 0.222 e. The van der Waals surface area contributed by atoms with E-state index in [9.17, 15) is 4.79 Å². The molecule has 21 heavy (non-hydrogen) atoms. The number of carbonyl (C=O) groups excluding carboxylic acids is 1. The van der Waals surface area contributed by atoms with Crippen LogP contribution in [0.3, 0.4) is 0 Å². The van der Waals surface area contributed by atoms with Crippen molar-refractivity contribution in [3.8, 4) is 6.07 Å². The lowest BCUT2D eigenvalue weighted by molar-refractivity contribution is -0.133. The van der Waals surface area contributed by atoms with E-state index in [1.165, 1.54) is 0 Å². The van der Waals surface area contributed by atoms with Crippen LogP contribution in [-0.2, 0) is 16.1 Å². The highest BCUT2D eigenvalue weighted by atomic mass is 16.5. The van der Waals surface area contributed by atoms with Gasteiger partial charge >= 0.3 is 0 Å². The summed E-state index contributed by atoms with van der Waals surface area (Å²) in [7, 11) is 1.82. The quantitative estimate of drug-likeness (QED) is 0.808. The number of ether oxygens (including phenoxy) is 1. The molecule has 0 N–H and O–H groups in total. The predicted molar refractivity (Wildman–Crippen MR) is 80.4 cm³/mol. The summed E-state index contributed by atoms with van der Waals surface area (Å²) in [6.07, 6.45) is 2.94. The van der Waals surface area contributed by atoms with Crippen LogP contribution < -0.4 is 0 Å². The minimum Gasteiger partial charge on any atom is -0.378 e. The maximum atomic E-state index is 12.2. The summed E-state index contributed by atoms with van der Waals surface area (Å²) in [6.45, 7) is 3.30. The molecule has 4 nitrogen and oxygen atoms in total. The first-order valence-electron chi connectivity index (χ1n) is 7.47. The van der Waals surface area contributed by atoms with Gasteiger partial charge in [-0.15, -0.1) is 0 Å². The van der Waals surface area contributed by atoms with E-state index in [0.717, 1.165) is 25.0 Å². The molecule has 4 heteroatoms. The predicted octanol–water partition coefficient (Wildman–Crippen LogP) is 2.72. The summed E-state index contributed by atoms with van der Waals surface area (Å²) in [5.74, 6) is 0.624. The van der Waals surface area contributed by atoms with Gasteiger partial charge in [0.15, 0.2) is 0 Å². The van der Waals surface area contributed by atoms with Gasteiger partial charge in [0.2, 0.25) is 5.91 Å². The highest BCUT2D eigenvalue weighted by Gasteiger charge is 2.31. The molecule has 1 fully saturated rings. The van der Waals surface area contributed by atoms with Gasteiger partial charge < -0.3 is 9.64 Å². The summed E-state index contributed by atoms with van der Waals surface area (Å²) in [5.41, 5.74) is 1.62. The Balaban J connectivity index is 1.79. The lowest BCUT2D eigenvalue weighted by atomic mass is 9.80. The molecule has 0 saturated heterocycles. The van der Waals surface area contributed by atoms with Gasteiger partial charge in [-0.25, -0.2) is 0 Å². The van der Waals surface area contributed by atoms with E-state index in [-0.39, 0.29) is 5.91 Å². The van der Waals surface area contributed by atoms with Gasteiger partial charge in [-0.05, 0) is 43.4 Å². The lowest BCUT2D eigenvalue weighted by Crippen LogP contribution is -2.36. The Bertz CT molecular complexity index is 530. The molecule has 0 heterocycles. The SMILES string of the molecule is CCOC1CC(CC(=O)N(C)Cc2cccc(C#N)c2)C1. The molecule has 1 aliphatic rings. The zero-order valence-corrected chi connectivity index (χ0v) is 12.7. The van der Waals surface area contributed by atoms with Gasteiger partial charge in [-0.2, -0.15) is 5.26 Å². The van der Waals surface area contributed by atoms with Gasteiger partial charge in [-0.3, -0.25) is 4.79 Å². The van der Waals surface area contributed by atoms with Crippen LogP contribution >= 0.6 is 0 Å². The molecule has 1 aromatic carbocycles. The van der Waals surface area contributed by atoms with E-state index in [1.807, 2.05) is 32.2 Å². The van der Waals surface area contributed by atoms with E-state index in [2.05, 4.69) is 6.07 Å². The van der Waals surface area contributed by atoms with Crippen molar-refractivity contribution in [2.45, 2.75) is 38.8 Å². The van der Waals surface area contributed by atoms with Gasteiger partial charge in [-0.1, -0.05) is 12.1 Å². The molecule has 1 aliphatic carbocycles. The lowest BCUT2D eigenvalue weighted by Gasteiger charge is -2.35.